The number of hydrogen-bond donors (Lipinski definition) is 1. The normalized spacial score (nSPS) is 13.9. The number of carbonyl (C=O) groups is 1. The van der Waals surface area contributed by atoms with Gasteiger partial charge in [-0.15, -0.1) is 0 Å². The Morgan fingerprint density at radius 2 is 2.05 bits per heavy atom. The molecule has 2 aromatic rings. The molecule has 1 fully saturated rings. The Labute approximate surface area is 136 Å². The molecule has 0 unspecified atom stereocenters. The van der Waals surface area contributed by atoms with Gasteiger partial charge in [-0.2, -0.15) is 5.10 Å². The Balaban J connectivity index is 1.61. The Morgan fingerprint density at radius 3 is 2.77 bits per heavy atom. The number of carbonyl (C=O) groups excluding carboxylic acids is 1. The van der Waals surface area contributed by atoms with E-state index in [4.69, 9.17) is 0 Å². The van der Waals surface area contributed by atoms with E-state index in [1.54, 1.807) is 18.2 Å². The molecule has 1 amide bonds. The SMILES string of the molecule is O=C(NCCn1nc(C2CC2)ccc1=O)c1ccccc1Br. The largest absolute Gasteiger partial charge is 0.350 e. The van der Waals surface area contributed by atoms with Crippen molar-refractivity contribution in [3.8, 4) is 0 Å². The smallest absolute Gasteiger partial charge is 0.266 e. The number of amides is 1. The van der Waals surface area contributed by atoms with Gasteiger partial charge in [0.1, 0.15) is 0 Å². The zero-order chi connectivity index (χ0) is 15.5. The lowest BCUT2D eigenvalue weighted by molar-refractivity contribution is 0.0951. The zero-order valence-corrected chi connectivity index (χ0v) is 13.5. The van der Waals surface area contributed by atoms with E-state index in [0.29, 0.717) is 24.6 Å². The molecular formula is C16H16BrN3O2. The van der Waals surface area contributed by atoms with Crippen LogP contribution < -0.4 is 10.9 Å². The molecule has 1 aliphatic carbocycles. The standard InChI is InChI=1S/C16H16BrN3O2/c17-13-4-2-1-3-12(13)16(22)18-9-10-20-15(21)8-7-14(19-20)11-5-6-11/h1-4,7-8,11H,5-6,9-10H2,(H,18,22). The second-order valence-corrected chi connectivity index (χ2v) is 6.18. The van der Waals surface area contributed by atoms with Crippen LogP contribution in [-0.4, -0.2) is 22.2 Å². The lowest BCUT2D eigenvalue weighted by Gasteiger charge is -2.09. The van der Waals surface area contributed by atoms with Gasteiger partial charge in [0, 0.05) is 23.0 Å². The summed E-state index contributed by atoms with van der Waals surface area (Å²) in [6.07, 6.45) is 2.29. The molecule has 1 N–H and O–H groups in total. The Kier molecular flexibility index (Phi) is 4.38. The molecule has 0 aliphatic heterocycles. The molecule has 5 nitrogen and oxygen atoms in total. The van der Waals surface area contributed by atoms with Gasteiger partial charge in [0.25, 0.3) is 11.5 Å². The van der Waals surface area contributed by atoms with Crippen LogP contribution in [0.25, 0.3) is 0 Å². The van der Waals surface area contributed by atoms with E-state index in [1.165, 1.54) is 4.68 Å². The van der Waals surface area contributed by atoms with Gasteiger partial charge in [0.15, 0.2) is 0 Å². The van der Waals surface area contributed by atoms with E-state index in [0.717, 1.165) is 23.0 Å². The fourth-order valence-electron chi connectivity index (χ4n) is 2.24. The summed E-state index contributed by atoms with van der Waals surface area (Å²) in [7, 11) is 0. The predicted octanol–water partition coefficient (Wildman–Crippen LogP) is 2.31. The lowest BCUT2D eigenvalue weighted by Crippen LogP contribution is -2.32. The molecule has 0 radical (unpaired) electrons. The van der Waals surface area contributed by atoms with Crippen molar-refractivity contribution >= 4 is 21.8 Å². The van der Waals surface area contributed by atoms with Gasteiger partial charge in [0.2, 0.25) is 0 Å². The maximum atomic E-state index is 12.1. The minimum absolute atomic E-state index is 0.139. The molecule has 1 aromatic heterocycles. The highest BCUT2D eigenvalue weighted by Gasteiger charge is 2.25. The first-order valence-corrected chi connectivity index (χ1v) is 8.05. The first-order valence-electron chi connectivity index (χ1n) is 7.26. The summed E-state index contributed by atoms with van der Waals surface area (Å²) in [6, 6.07) is 10.6. The average molecular weight is 362 g/mol. The Morgan fingerprint density at radius 1 is 1.27 bits per heavy atom. The van der Waals surface area contributed by atoms with Gasteiger partial charge in [-0.1, -0.05) is 12.1 Å². The number of nitrogens with zero attached hydrogens (tertiary/aromatic N) is 2. The van der Waals surface area contributed by atoms with E-state index < -0.39 is 0 Å². The molecule has 0 spiro atoms. The average Bonchev–Trinajstić information content (AvgIpc) is 3.34. The number of rotatable bonds is 5. The number of halogens is 1. The van der Waals surface area contributed by atoms with Crippen LogP contribution in [0.2, 0.25) is 0 Å². The fourth-order valence-corrected chi connectivity index (χ4v) is 2.70. The Hall–Kier alpha value is -1.95. The number of hydrogen-bond acceptors (Lipinski definition) is 3. The molecule has 1 aliphatic rings. The van der Waals surface area contributed by atoms with Crippen molar-refractivity contribution < 1.29 is 4.79 Å². The van der Waals surface area contributed by atoms with Crippen LogP contribution in [0.15, 0.2) is 45.7 Å². The van der Waals surface area contributed by atoms with Crippen LogP contribution in [-0.2, 0) is 6.54 Å². The highest BCUT2D eigenvalue weighted by Crippen LogP contribution is 2.38. The molecule has 114 valence electrons. The summed E-state index contributed by atoms with van der Waals surface area (Å²) >= 11 is 3.35. The summed E-state index contributed by atoms with van der Waals surface area (Å²) in [5.41, 5.74) is 1.41. The zero-order valence-electron chi connectivity index (χ0n) is 12.0. The van der Waals surface area contributed by atoms with Crippen molar-refractivity contribution in [3.63, 3.8) is 0 Å². The van der Waals surface area contributed by atoms with Crippen LogP contribution in [0.1, 0.15) is 34.8 Å². The van der Waals surface area contributed by atoms with Crippen molar-refractivity contribution in [2.45, 2.75) is 25.3 Å². The molecule has 3 rings (SSSR count). The second kappa shape index (κ2) is 6.44. The highest BCUT2D eigenvalue weighted by atomic mass is 79.9. The molecule has 22 heavy (non-hydrogen) atoms. The molecule has 1 heterocycles. The van der Waals surface area contributed by atoms with Gasteiger partial charge in [-0.05, 0) is 47.0 Å². The quantitative estimate of drug-likeness (QED) is 0.888. The van der Waals surface area contributed by atoms with Gasteiger partial charge in [-0.25, -0.2) is 4.68 Å². The van der Waals surface area contributed by atoms with Crippen molar-refractivity contribution in [2.24, 2.45) is 0 Å². The first-order chi connectivity index (χ1) is 10.6. The van der Waals surface area contributed by atoms with Gasteiger partial charge in [0.05, 0.1) is 17.8 Å². The third-order valence-electron chi connectivity index (χ3n) is 3.61. The topological polar surface area (TPSA) is 64.0 Å². The van der Waals surface area contributed by atoms with Crippen LogP contribution in [0.4, 0.5) is 0 Å². The van der Waals surface area contributed by atoms with Crippen molar-refractivity contribution in [2.75, 3.05) is 6.54 Å². The highest BCUT2D eigenvalue weighted by molar-refractivity contribution is 9.10. The number of aromatic nitrogens is 2. The minimum atomic E-state index is -0.168. The molecule has 1 aromatic carbocycles. The van der Waals surface area contributed by atoms with Gasteiger partial charge < -0.3 is 5.32 Å². The van der Waals surface area contributed by atoms with Crippen molar-refractivity contribution in [3.05, 3.63) is 62.5 Å². The molecule has 0 bridgehead atoms. The monoisotopic (exact) mass is 361 g/mol. The number of nitrogens with one attached hydrogen (secondary N) is 1. The lowest BCUT2D eigenvalue weighted by atomic mass is 10.2. The third kappa shape index (κ3) is 3.44. The van der Waals surface area contributed by atoms with E-state index >= 15 is 0 Å². The third-order valence-corrected chi connectivity index (χ3v) is 4.30. The van der Waals surface area contributed by atoms with Gasteiger partial charge >= 0.3 is 0 Å². The number of benzene rings is 1. The van der Waals surface area contributed by atoms with Crippen LogP contribution in [0.3, 0.4) is 0 Å². The summed E-state index contributed by atoms with van der Waals surface area (Å²) in [5, 5.41) is 7.18. The van der Waals surface area contributed by atoms with E-state index in [2.05, 4.69) is 26.3 Å². The van der Waals surface area contributed by atoms with Crippen LogP contribution in [0.5, 0.6) is 0 Å². The summed E-state index contributed by atoms with van der Waals surface area (Å²) in [4.78, 5) is 23.9. The minimum Gasteiger partial charge on any atom is -0.350 e. The molecule has 6 heteroatoms. The Bertz CT molecular complexity index is 753. The fraction of sp³-hybridized carbons (Fsp3) is 0.312. The van der Waals surface area contributed by atoms with Crippen LogP contribution in [0, 0.1) is 0 Å². The molecule has 1 saturated carbocycles. The van der Waals surface area contributed by atoms with E-state index in [-0.39, 0.29) is 11.5 Å². The van der Waals surface area contributed by atoms with E-state index in [1.807, 2.05) is 18.2 Å². The summed E-state index contributed by atoms with van der Waals surface area (Å²) in [5.74, 6) is 0.334. The van der Waals surface area contributed by atoms with Crippen molar-refractivity contribution in [1.29, 1.82) is 0 Å². The molecular weight excluding hydrogens is 346 g/mol. The molecule has 0 atom stereocenters. The second-order valence-electron chi connectivity index (χ2n) is 5.33. The maximum Gasteiger partial charge on any atom is 0.266 e. The van der Waals surface area contributed by atoms with Gasteiger partial charge in [-0.3, -0.25) is 9.59 Å². The van der Waals surface area contributed by atoms with Crippen LogP contribution >= 0.6 is 15.9 Å². The maximum absolute atomic E-state index is 12.1. The molecule has 0 saturated heterocycles. The first kappa shape index (κ1) is 15.0. The summed E-state index contributed by atoms with van der Waals surface area (Å²) < 4.78 is 2.17. The summed E-state index contributed by atoms with van der Waals surface area (Å²) in [6.45, 7) is 0.733. The van der Waals surface area contributed by atoms with E-state index in [9.17, 15) is 9.59 Å². The van der Waals surface area contributed by atoms with Crippen molar-refractivity contribution in [1.82, 2.24) is 15.1 Å². The predicted molar refractivity (Wildman–Crippen MR) is 86.9 cm³/mol.